The van der Waals surface area contributed by atoms with Gasteiger partial charge < -0.3 is 4.74 Å². The molecule has 0 amide bonds. The predicted octanol–water partition coefficient (Wildman–Crippen LogP) is 3.15. The van der Waals surface area contributed by atoms with Gasteiger partial charge in [-0.25, -0.2) is 14.2 Å². The Bertz CT molecular complexity index is 981. The molecule has 0 unspecified atom stereocenters. The Morgan fingerprint density at radius 3 is 2.88 bits per heavy atom. The van der Waals surface area contributed by atoms with Gasteiger partial charge in [0.25, 0.3) is 5.56 Å². The molecule has 3 rings (SSSR count). The van der Waals surface area contributed by atoms with Crippen LogP contribution in [0.2, 0.25) is 5.02 Å². The molecule has 0 spiro atoms. The third-order valence-electron chi connectivity index (χ3n) is 3.46. The number of esters is 1. The Morgan fingerprint density at radius 1 is 1.33 bits per heavy atom. The minimum absolute atomic E-state index is 0.0395. The van der Waals surface area contributed by atoms with E-state index in [2.05, 4.69) is 4.98 Å². The molecule has 5 nitrogen and oxygen atoms in total. The Morgan fingerprint density at radius 2 is 2.12 bits per heavy atom. The molecule has 0 bridgehead atoms. The number of ether oxygens (including phenoxy) is 1. The van der Waals surface area contributed by atoms with Crippen molar-refractivity contribution < 1.29 is 13.9 Å². The van der Waals surface area contributed by atoms with Crippen LogP contribution in [0.3, 0.4) is 0 Å². The van der Waals surface area contributed by atoms with E-state index < -0.39 is 11.8 Å². The number of carbonyl (C=O) groups excluding carboxylic acids is 1. The second-order valence-electron chi connectivity index (χ2n) is 5.14. The number of aromatic nitrogens is 2. The molecule has 0 saturated carbocycles. The lowest BCUT2D eigenvalue weighted by Crippen LogP contribution is -2.17. The van der Waals surface area contributed by atoms with Gasteiger partial charge in [-0.15, -0.1) is 0 Å². The molecule has 0 radical (unpaired) electrons. The van der Waals surface area contributed by atoms with Crippen LogP contribution in [0.4, 0.5) is 4.39 Å². The van der Waals surface area contributed by atoms with Crippen LogP contribution in [-0.2, 0) is 11.3 Å². The van der Waals surface area contributed by atoms with E-state index in [4.69, 9.17) is 16.3 Å². The number of hydrogen-bond donors (Lipinski definition) is 0. The van der Waals surface area contributed by atoms with Crippen molar-refractivity contribution in [2.24, 2.45) is 0 Å². The van der Waals surface area contributed by atoms with E-state index in [0.717, 1.165) is 11.6 Å². The molecular formula is C17H12ClFN2O3. The number of fused-ring (bicyclic) bond motifs is 1. The predicted molar refractivity (Wildman–Crippen MR) is 86.7 cm³/mol. The van der Waals surface area contributed by atoms with E-state index in [1.54, 1.807) is 12.3 Å². The van der Waals surface area contributed by atoms with E-state index >= 15 is 0 Å². The highest BCUT2D eigenvalue weighted by Crippen LogP contribution is 2.20. The molecule has 0 aliphatic carbocycles. The van der Waals surface area contributed by atoms with Crippen LogP contribution >= 0.6 is 11.6 Å². The summed E-state index contributed by atoms with van der Waals surface area (Å²) in [4.78, 5) is 28.4. The van der Waals surface area contributed by atoms with Crippen LogP contribution in [0, 0.1) is 12.7 Å². The third-order valence-corrected chi connectivity index (χ3v) is 3.77. The first-order valence-electron chi connectivity index (χ1n) is 7.06. The number of benzene rings is 1. The number of rotatable bonds is 3. The number of halogens is 2. The zero-order valence-corrected chi connectivity index (χ0v) is 13.4. The zero-order valence-electron chi connectivity index (χ0n) is 12.6. The smallest absolute Gasteiger partial charge is 0.343 e. The average Bonchev–Trinajstić information content (AvgIpc) is 2.54. The van der Waals surface area contributed by atoms with Crippen LogP contribution in [-0.4, -0.2) is 15.4 Å². The lowest BCUT2D eigenvalue weighted by atomic mass is 10.2. The van der Waals surface area contributed by atoms with Gasteiger partial charge in [0.05, 0.1) is 10.7 Å². The SMILES string of the molecule is Cc1cccn2c(=O)cc(COC(=O)c3c(F)cccc3Cl)nc12. The minimum atomic E-state index is -0.912. The molecule has 3 aromatic rings. The molecule has 1 aromatic carbocycles. The Kier molecular flexibility index (Phi) is 4.31. The molecule has 0 atom stereocenters. The summed E-state index contributed by atoms with van der Waals surface area (Å²) in [6, 6.07) is 8.73. The van der Waals surface area contributed by atoms with Gasteiger partial charge >= 0.3 is 5.97 Å². The number of carbonyl (C=O) groups is 1. The van der Waals surface area contributed by atoms with Gasteiger partial charge in [-0.3, -0.25) is 9.20 Å². The van der Waals surface area contributed by atoms with Crippen LogP contribution in [0.5, 0.6) is 0 Å². The first-order valence-corrected chi connectivity index (χ1v) is 7.44. The van der Waals surface area contributed by atoms with Crippen molar-refractivity contribution in [3.63, 3.8) is 0 Å². The average molecular weight is 347 g/mol. The maximum atomic E-state index is 13.7. The molecule has 0 aliphatic rings. The molecule has 7 heteroatoms. The molecule has 122 valence electrons. The highest BCUT2D eigenvalue weighted by atomic mass is 35.5. The monoisotopic (exact) mass is 346 g/mol. The van der Waals surface area contributed by atoms with E-state index in [1.165, 1.54) is 22.6 Å². The molecule has 0 saturated heterocycles. The van der Waals surface area contributed by atoms with Gasteiger partial charge in [-0.05, 0) is 30.7 Å². The summed E-state index contributed by atoms with van der Waals surface area (Å²) in [5, 5.41) is -0.0395. The Hall–Kier alpha value is -2.73. The molecule has 0 fully saturated rings. The molecule has 0 N–H and O–H groups in total. The van der Waals surface area contributed by atoms with E-state index in [0.29, 0.717) is 5.65 Å². The number of aryl methyl sites for hydroxylation is 1. The molecule has 2 aromatic heterocycles. The summed E-state index contributed by atoms with van der Waals surface area (Å²) >= 11 is 5.82. The quantitative estimate of drug-likeness (QED) is 0.683. The van der Waals surface area contributed by atoms with Crippen molar-refractivity contribution in [1.29, 1.82) is 0 Å². The van der Waals surface area contributed by atoms with E-state index in [1.807, 2.05) is 13.0 Å². The van der Waals surface area contributed by atoms with E-state index in [9.17, 15) is 14.0 Å². The van der Waals surface area contributed by atoms with Gasteiger partial charge in [0.2, 0.25) is 0 Å². The number of hydrogen-bond acceptors (Lipinski definition) is 4. The standard InChI is InChI=1S/C17H12ClFN2O3/c1-10-4-3-7-21-14(22)8-11(20-16(10)21)9-24-17(23)15-12(18)5-2-6-13(15)19/h2-8H,9H2,1H3. The van der Waals surface area contributed by atoms with Crippen LogP contribution < -0.4 is 5.56 Å². The molecule has 24 heavy (non-hydrogen) atoms. The van der Waals surface area contributed by atoms with Gasteiger partial charge in [-0.1, -0.05) is 23.7 Å². The summed E-state index contributed by atoms with van der Waals surface area (Å²) in [6.45, 7) is 1.56. The van der Waals surface area contributed by atoms with Crippen molar-refractivity contribution in [2.45, 2.75) is 13.5 Å². The van der Waals surface area contributed by atoms with E-state index in [-0.39, 0.29) is 28.4 Å². The summed E-state index contributed by atoms with van der Waals surface area (Å²) in [6.07, 6.45) is 1.60. The fourth-order valence-corrected chi connectivity index (χ4v) is 2.53. The molecule has 0 aliphatic heterocycles. The van der Waals surface area contributed by atoms with Gasteiger partial charge in [0, 0.05) is 12.3 Å². The highest BCUT2D eigenvalue weighted by molar-refractivity contribution is 6.33. The summed E-state index contributed by atoms with van der Waals surface area (Å²) in [7, 11) is 0. The van der Waals surface area contributed by atoms with Crippen LogP contribution in [0.25, 0.3) is 5.65 Å². The number of nitrogens with zero attached hydrogens (tertiary/aromatic N) is 2. The fraction of sp³-hybridized carbons (Fsp3) is 0.118. The zero-order chi connectivity index (χ0) is 17.3. The van der Waals surface area contributed by atoms with Crippen LogP contribution in [0.1, 0.15) is 21.6 Å². The summed E-state index contributed by atoms with van der Waals surface area (Å²) < 4.78 is 20.1. The van der Waals surface area contributed by atoms with Crippen molar-refractivity contribution in [3.8, 4) is 0 Å². The first-order chi connectivity index (χ1) is 11.5. The Balaban J connectivity index is 1.87. The maximum Gasteiger partial charge on any atom is 0.343 e. The van der Waals surface area contributed by atoms with Crippen molar-refractivity contribution >= 4 is 23.2 Å². The minimum Gasteiger partial charge on any atom is -0.455 e. The lowest BCUT2D eigenvalue weighted by Gasteiger charge is -2.08. The second kappa shape index (κ2) is 6.41. The van der Waals surface area contributed by atoms with Gasteiger partial charge in [-0.2, -0.15) is 0 Å². The van der Waals surface area contributed by atoms with Crippen molar-refractivity contribution in [3.05, 3.63) is 80.6 Å². The fourth-order valence-electron chi connectivity index (χ4n) is 2.29. The highest BCUT2D eigenvalue weighted by Gasteiger charge is 2.17. The van der Waals surface area contributed by atoms with Crippen LogP contribution in [0.15, 0.2) is 47.4 Å². The van der Waals surface area contributed by atoms with Gasteiger partial charge in [0.1, 0.15) is 23.6 Å². The summed E-state index contributed by atoms with van der Waals surface area (Å²) in [5.41, 5.74) is 0.918. The number of pyridine rings is 1. The largest absolute Gasteiger partial charge is 0.455 e. The van der Waals surface area contributed by atoms with Crippen molar-refractivity contribution in [1.82, 2.24) is 9.38 Å². The third kappa shape index (κ3) is 3.00. The lowest BCUT2D eigenvalue weighted by molar-refractivity contribution is 0.0462. The molecular weight excluding hydrogens is 335 g/mol. The Labute approximate surface area is 141 Å². The maximum absolute atomic E-state index is 13.7. The first kappa shape index (κ1) is 16.1. The molecule has 2 heterocycles. The normalized spacial score (nSPS) is 10.8. The van der Waals surface area contributed by atoms with Gasteiger partial charge in [0.15, 0.2) is 0 Å². The summed E-state index contributed by atoms with van der Waals surface area (Å²) in [5.74, 6) is -1.68. The second-order valence-corrected chi connectivity index (χ2v) is 5.55. The van der Waals surface area contributed by atoms with Crippen molar-refractivity contribution in [2.75, 3.05) is 0 Å². The topological polar surface area (TPSA) is 60.7 Å².